The van der Waals surface area contributed by atoms with Crippen LogP contribution in [0.1, 0.15) is 36.0 Å². The van der Waals surface area contributed by atoms with Gasteiger partial charge in [-0.3, -0.25) is 4.79 Å². The van der Waals surface area contributed by atoms with Gasteiger partial charge in [0, 0.05) is 34.8 Å². The first-order valence-corrected chi connectivity index (χ1v) is 7.25. The van der Waals surface area contributed by atoms with Gasteiger partial charge >= 0.3 is 0 Å². The Hall–Kier alpha value is -0.770. The highest BCUT2D eigenvalue weighted by Gasteiger charge is 2.29. The highest BCUT2D eigenvalue weighted by molar-refractivity contribution is 6.35. The number of hydrogen-bond acceptors (Lipinski definition) is 2. The van der Waals surface area contributed by atoms with E-state index in [1.54, 1.807) is 18.2 Å². The lowest BCUT2D eigenvalue weighted by Crippen LogP contribution is -2.35. The molecule has 2 rings (SSSR count). The monoisotopic (exact) mass is 301 g/mol. The number of likely N-dealkylation sites (tertiary alicyclic amines) is 1. The van der Waals surface area contributed by atoms with Crippen LogP contribution in [-0.2, 0) is 0 Å². The molecule has 1 aliphatic heterocycles. The molecule has 1 aliphatic rings. The topological polar surface area (TPSA) is 40.5 Å². The zero-order chi connectivity index (χ0) is 13.8. The van der Waals surface area contributed by atoms with Crippen LogP contribution in [0.3, 0.4) is 0 Å². The molecule has 1 unspecified atom stereocenters. The van der Waals surface area contributed by atoms with Crippen LogP contribution in [0, 0.1) is 0 Å². The van der Waals surface area contributed by atoms with Gasteiger partial charge in [-0.05, 0) is 43.9 Å². The maximum Gasteiger partial charge on any atom is 0.254 e. The Morgan fingerprint density at radius 3 is 2.63 bits per heavy atom. The maximum atomic E-state index is 12.5. The van der Waals surface area contributed by atoms with E-state index < -0.39 is 0 Å². The third-order valence-electron chi connectivity index (χ3n) is 3.44. The van der Waals surface area contributed by atoms with Crippen molar-refractivity contribution in [3.63, 3.8) is 0 Å². The molecule has 0 aliphatic carbocycles. The summed E-state index contributed by atoms with van der Waals surface area (Å²) in [6.07, 6.45) is 3.58. The molecule has 1 aromatic carbocycles. The van der Waals surface area contributed by atoms with E-state index in [0.717, 1.165) is 32.2 Å². The number of rotatable bonds is 4. The zero-order valence-electron chi connectivity index (χ0n) is 10.6. The van der Waals surface area contributed by atoms with E-state index in [9.17, 15) is 4.79 Å². The van der Waals surface area contributed by atoms with E-state index in [-0.39, 0.29) is 18.6 Å². The molecular weight excluding hydrogens is 285 g/mol. The van der Waals surface area contributed by atoms with Gasteiger partial charge in [0.05, 0.1) is 0 Å². The molecule has 1 atom stereocenters. The van der Waals surface area contributed by atoms with Crippen LogP contribution in [0.25, 0.3) is 0 Å². The molecule has 104 valence electrons. The fourth-order valence-electron chi connectivity index (χ4n) is 2.57. The van der Waals surface area contributed by atoms with Gasteiger partial charge in [0.25, 0.3) is 5.91 Å². The number of benzene rings is 1. The minimum absolute atomic E-state index is 0.0233. The van der Waals surface area contributed by atoms with Crippen molar-refractivity contribution >= 4 is 29.1 Å². The van der Waals surface area contributed by atoms with E-state index in [1.807, 2.05) is 4.90 Å². The average Bonchev–Trinajstić information content (AvgIpc) is 2.82. The quantitative estimate of drug-likeness (QED) is 0.926. The van der Waals surface area contributed by atoms with Crippen molar-refractivity contribution in [2.24, 2.45) is 0 Å². The number of nitrogens with zero attached hydrogens (tertiary/aromatic N) is 1. The van der Waals surface area contributed by atoms with Gasteiger partial charge in [0.15, 0.2) is 0 Å². The predicted octanol–water partition coefficient (Wildman–Crippen LogP) is 3.37. The number of carbonyl (C=O) groups excluding carboxylic acids is 1. The summed E-state index contributed by atoms with van der Waals surface area (Å²) in [6.45, 7) is 0.931. The van der Waals surface area contributed by atoms with E-state index >= 15 is 0 Å². The lowest BCUT2D eigenvalue weighted by Gasteiger charge is -2.24. The largest absolute Gasteiger partial charge is 0.396 e. The molecule has 1 N–H and O–H groups in total. The summed E-state index contributed by atoms with van der Waals surface area (Å²) >= 11 is 11.9. The minimum Gasteiger partial charge on any atom is -0.396 e. The number of aliphatic hydroxyl groups is 1. The molecule has 3 nitrogen and oxygen atoms in total. The maximum absolute atomic E-state index is 12.5. The van der Waals surface area contributed by atoms with Crippen LogP contribution in [0.4, 0.5) is 0 Å². The van der Waals surface area contributed by atoms with Gasteiger partial charge in [0.1, 0.15) is 0 Å². The molecule has 0 saturated carbocycles. The van der Waals surface area contributed by atoms with Crippen molar-refractivity contribution < 1.29 is 9.90 Å². The number of hydrogen-bond donors (Lipinski definition) is 1. The molecule has 5 heteroatoms. The Kier molecular flexibility index (Phi) is 5.08. The summed E-state index contributed by atoms with van der Waals surface area (Å²) in [4.78, 5) is 14.3. The van der Waals surface area contributed by atoms with E-state index in [2.05, 4.69) is 0 Å². The van der Waals surface area contributed by atoms with Crippen LogP contribution in [0.2, 0.25) is 10.0 Å². The molecule has 1 heterocycles. The van der Waals surface area contributed by atoms with Crippen molar-refractivity contribution in [2.75, 3.05) is 13.2 Å². The molecule has 1 saturated heterocycles. The normalized spacial score (nSPS) is 18.9. The summed E-state index contributed by atoms with van der Waals surface area (Å²) in [5.74, 6) is -0.0233. The molecule has 0 bridgehead atoms. The third kappa shape index (κ3) is 3.62. The van der Waals surface area contributed by atoms with Crippen molar-refractivity contribution in [1.29, 1.82) is 0 Å². The van der Waals surface area contributed by atoms with Gasteiger partial charge in [-0.1, -0.05) is 23.2 Å². The Morgan fingerprint density at radius 2 is 2.00 bits per heavy atom. The van der Waals surface area contributed by atoms with Crippen LogP contribution in [0.5, 0.6) is 0 Å². The highest BCUT2D eigenvalue weighted by Crippen LogP contribution is 2.26. The molecule has 0 radical (unpaired) electrons. The fourth-order valence-corrected chi connectivity index (χ4v) is 3.10. The minimum atomic E-state index is -0.0233. The van der Waals surface area contributed by atoms with Crippen LogP contribution < -0.4 is 0 Å². The number of carbonyl (C=O) groups is 1. The second-order valence-electron chi connectivity index (χ2n) is 4.82. The fraction of sp³-hybridized carbons (Fsp3) is 0.500. The van der Waals surface area contributed by atoms with Gasteiger partial charge in [-0.25, -0.2) is 0 Å². The first-order valence-electron chi connectivity index (χ1n) is 6.49. The summed E-state index contributed by atoms with van der Waals surface area (Å²) in [6, 6.07) is 5.14. The predicted molar refractivity (Wildman–Crippen MR) is 76.8 cm³/mol. The van der Waals surface area contributed by atoms with Crippen LogP contribution >= 0.6 is 23.2 Å². The number of amides is 1. The second kappa shape index (κ2) is 6.60. The van der Waals surface area contributed by atoms with Gasteiger partial charge in [-0.2, -0.15) is 0 Å². The molecule has 1 fully saturated rings. The Bertz CT molecular complexity index is 445. The van der Waals surface area contributed by atoms with Gasteiger partial charge < -0.3 is 10.0 Å². The standard InChI is InChI=1S/C14H17Cl2NO2/c15-11-7-10(8-12(16)9-11)14(19)17-5-1-3-13(17)4-2-6-18/h7-9,13,18H,1-6H2. The smallest absolute Gasteiger partial charge is 0.254 e. The molecule has 1 amide bonds. The van der Waals surface area contributed by atoms with Crippen molar-refractivity contribution in [2.45, 2.75) is 31.7 Å². The van der Waals surface area contributed by atoms with E-state index in [1.165, 1.54) is 0 Å². The summed E-state index contributed by atoms with van der Waals surface area (Å²) in [5, 5.41) is 9.85. The molecule has 19 heavy (non-hydrogen) atoms. The van der Waals surface area contributed by atoms with E-state index in [0.29, 0.717) is 15.6 Å². The van der Waals surface area contributed by atoms with Gasteiger partial charge in [-0.15, -0.1) is 0 Å². The first kappa shape index (κ1) is 14.6. The third-order valence-corrected chi connectivity index (χ3v) is 3.88. The Morgan fingerprint density at radius 1 is 1.32 bits per heavy atom. The molecular formula is C14H17Cl2NO2. The van der Waals surface area contributed by atoms with Gasteiger partial charge in [0.2, 0.25) is 0 Å². The number of halogens is 2. The lowest BCUT2D eigenvalue weighted by molar-refractivity contribution is 0.0724. The zero-order valence-corrected chi connectivity index (χ0v) is 12.1. The van der Waals surface area contributed by atoms with Crippen molar-refractivity contribution in [3.8, 4) is 0 Å². The molecule has 1 aromatic rings. The number of aliphatic hydroxyl groups excluding tert-OH is 1. The molecule has 0 aromatic heterocycles. The first-order chi connectivity index (χ1) is 9.11. The summed E-state index contributed by atoms with van der Waals surface area (Å²) in [5.41, 5.74) is 0.536. The van der Waals surface area contributed by atoms with Crippen LogP contribution in [-0.4, -0.2) is 35.1 Å². The highest BCUT2D eigenvalue weighted by atomic mass is 35.5. The Labute approximate surface area is 123 Å². The lowest BCUT2D eigenvalue weighted by atomic mass is 10.1. The van der Waals surface area contributed by atoms with Crippen molar-refractivity contribution in [1.82, 2.24) is 4.90 Å². The average molecular weight is 302 g/mol. The molecule has 0 spiro atoms. The van der Waals surface area contributed by atoms with E-state index in [4.69, 9.17) is 28.3 Å². The second-order valence-corrected chi connectivity index (χ2v) is 5.69. The SMILES string of the molecule is O=C(c1cc(Cl)cc(Cl)c1)N1CCCC1CCCO. The Balaban J connectivity index is 2.13. The summed E-state index contributed by atoms with van der Waals surface area (Å²) in [7, 11) is 0. The summed E-state index contributed by atoms with van der Waals surface area (Å²) < 4.78 is 0. The van der Waals surface area contributed by atoms with Crippen molar-refractivity contribution in [3.05, 3.63) is 33.8 Å². The van der Waals surface area contributed by atoms with Crippen LogP contribution in [0.15, 0.2) is 18.2 Å².